The molecule has 0 aliphatic heterocycles. The summed E-state index contributed by atoms with van der Waals surface area (Å²) in [5.74, 6) is -0.0563. The van der Waals surface area contributed by atoms with Crippen molar-refractivity contribution in [2.24, 2.45) is 5.92 Å². The van der Waals surface area contributed by atoms with Gasteiger partial charge in [0.25, 0.3) is 0 Å². The second-order valence-electron chi connectivity index (χ2n) is 5.09. The van der Waals surface area contributed by atoms with Crippen molar-refractivity contribution in [3.63, 3.8) is 0 Å². The molecule has 18 heavy (non-hydrogen) atoms. The number of hydrogen-bond donors (Lipinski definition) is 0. The fourth-order valence-corrected chi connectivity index (χ4v) is 2.69. The second-order valence-corrected chi connectivity index (χ2v) is 5.09. The molecule has 1 saturated carbocycles. The molecule has 0 atom stereocenters. The predicted molar refractivity (Wildman–Crippen MR) is 69.5 cm³/mol. The van der Waals surface area contributed by atoms with Crippen LogP contribution in [0.5, 0.6) is 0 Å². The van der Waals surface area contributed by atoms with Gasteiger partial charge >= 0.3 is 0 Å². The Bertz CT molecular complexity index is 453. The summed E-state index contributed by atoms with van der Waals surface area (Å²) in [6, 6.07) is 2.99. The maximum absolute atomic E-state index is 13.5. The monoisotopic (exact) mass is 248 g/mol. The van der Waals surface area contributed by atoms with Crippen LogP contribution >= 0.6 is 0 Å². The van der Waals surface area contributed by atoms with Crippen LogP contribution in [0.25, 0.3) is 0 Å². The van der Waals surface area contributed by atoms with Crippen molar-refractivity contribution in [3.05, 3.63) is 53.3 Å². The van der Waals surface area contributed by atoms with Gasteiger partial charge in [0.15, 0.2) is 0 Å². The summed E-state index contributed by atoms with van der Waals surface area (Å²) < 4.78 is 27.1. The minimum Gasteiger partial charge on any atom is -0.207 e. The number of hydrogen-bond acceptors (Lipinski definition) is 0. The Hall–Kier alpha value is -1.40. The van der Waals surface area contributed by atoms with Gasteiger partial charge in [-0.05, 0) is 68.2 Å². The largest absolute Gasteiger partial charge is 0.207 e. The molecule has 0 amide bonds. The summed E-state index contributed by atoms with van der Waals surface area (Å²) in [7, 11) is 0. The molecule has 0 aromatic heterocycles. The van der Waals surface area contributed by atoms with Crippen LogP contribution in [-0.2, 0) is 0 Å². The van der Waals surface area contributed by atoms with Crippen LogP contribution < -0.4 is 0 Å². The number of rotatable bonds is 2. The molecule has 96 valence electrons. The first-order valence-electron chi connectivity index (χ1n) is 6.43. The van der Waals surface area contributed by atoms with E-state index in [1.807, 2.05) is 6.08 Å². The summed E-state index contributed by atoms with van der Waals surface area (Å²) >= 11 is 0. The number of halogens is 2. The Morgan fingerprint density at radius 2 is 1.72 bits per heavy atom. The Morgan fingerprint density at radius 3 is 2.22 bits per heavy atom. The van der Waals surface area contributed by atoms with E-state index in [2.05, 4.69) is 12.3 Å². The maximum atomic E-state index is 13.5. The molecule has 0 saturated heterocycles. The zero-order chi connectivity index (χ0) is 13.1. The van der Waals surface area contributed by atoms with Crippen molar-refractivity contribution in [2.45, 2.75) is 38.5 Å². The Kier molecular flexibility index (Phi) is 3.98. The van der Waals surface area contributed by atoms with Gasteiger partial charge in [0.2, 0.25) is 0 Å². The molecule has 0 radical (unpaired) electrons. The molecule has 0 unspecified atom stereocenters. The van der Waals surface area contributed by atoms with Gasteiger partial charge in [-0.1, -0.05) is 6.58 Å². The van der Waals surface area contributed by atoms with E-state index in [4.69, 9.17) is 0 Å². The summed E-state index contributed by atoms with van der Waals surface area (Å²) in [6.07, 6.45) is 6.05. The lowest BCUT2D eigenvalue weighted by atomic mass is 9.78. The average molecular weight is 248 g/mol. The molecule has 1 fully saturated rings. The highest BCUT2D eigenvalue weighted by molar-refractivity contribution is 5.28. The van der Waals surface area contributed by atoms with E-state index in [-0.39, 0.29) is 11.5 Å². The molecule has 0 bridgehead atoms. The lowest BCUT2D eigenvalue weighted by Crippen LogP contribution is -2.12. The SMILES string of the molecule is C=C=CC1CCC(c2cc(F)c(C)c(F)c2)CC1. The zero-order valence-electron chi connectivity index (χ0n) is 10.7. The van der Waals surface area contributed by atoms with Gasteiger partial charge in [-0.15, -0.1) is 5.73 Å². The van der Waals surface area contributed by atoms with Gasteiger partial charge in [-0.3, -0.25) is 0 Å². The van der Waals surface area contributed by atoms with Crippen molar-refractivity contribution in [1.29, 1.82) is 0 Å². The highest BCUT2D eigenvalue weighted by atomic mass is 19.1. The summed E-state index contributed by atoms with van der Waals surface area (Å²) in [4.78, 5) is 0. The van der Waals surface area contributed by atoms with Crippen molar-refractivity contribution in [1.82, 2.24) is 0 Å². The van der Waals surface area contributed by atoms with E-state index in [0.717, 1.165) is 31.2 Å². The van der Waals surface area contributed by atoms with Crippen molar-refractivity contribution >= 4 is 0 Å². The third-order valence-corrected chi connectivity index (χ3v) is 3.90. The molecular weight excluding hydrogens is 230 g/mol. The first kappa shape index (κ1) is 13.0. The standard InChI is InChI=1S/C16H18F2/c1-3-4-12-5-7-13(8-6-12)14-9-15(17)11(2)16(18)10-14/h4,9-10,12-13H,1,5-8H2,2H3. The van der Waals surface area contributed by atoms with E-state index in [1.54, 1.807) is 0 Å². The van der Waals surface area contributed by atoms with E-state index >= 15 is 0 Å². The smallest absolute Gasteiger partial charge is 0.129 e. The molecule has 1 aromatic rings. The molecule has 1 aliphatic rings. The molecule has 0 heterocycles. The van der Waals surface area contributed by atoms with Gasteiger partial charge in [-0.2, -0.15) is 0 Å². The summed E-state index contributed by atoms with van der Waals surface area (Å²) in [5, 5.41) is 0. The Labute approximate surface area is 107 Å². The molecule has 1 aromatic carbocycles. The van der Waals surface area contributed by atoms with E-state index in [0.29, 0.717) is 5.92 Å². The van der Waals surface area contributed by atoms with E-state index in [9.17, 15) is 8.78 Å². The second kappa shape index (κ2) is 5.49. The topological polar surface area (TPSA) is 0 Å². The van der Waals surface area contributed by atoms with Crippen LogP contribution in [0.2, 0.25) is 0 Å². The van der Waals surface area contributed by atoms with Gasteiger partial charge in [-0.25, -0.2) is 8.78 Å². The molecule has 2 rings (SSSR count). The van der Waals surface area contributed by atoms with Gasteiger partial charge in [0.1, 0.15) is 11.6 Å². The average Bonchev–Trinajstić information content (AvgIpc) is 2.37. The van der Waals surface area contributed by atoms with Crippen LogP contribution in [0.15, 0.2) is 30.5 Å². The number of allylic oxidation sites excluding steroid dienone is 1. The normalized spacial score (nSPS) is 23.5. The van der Waals surface area contributed by atoms with E-state index < -0.39 is 11.6 Å². The minimum absolute atomic E-state index is 0.113. The van der Waals surface area contributed by atoms with Crippen LogP contribution in [0.1, 0.15) is 42.7 Å². The molecule has 1 aliphatic carbocycles. The molecule has 0 nitrogen and oxygen atoms in total. The van der Waals surface area contributed by atoms with Gasteiger partial charge in [0, 0.05) is 5.56 Å². The Morgan fingerprint density at radius 1 is 1.17 bits per heavy atom. The third kappa shape index (κ3) is 2.70. The third-order valence-electron chi connectivity index (χ3n) is 3.90. The van der Waals surface area contributed by atoms with E-state index in [1.165, 1.54) is 19.1 Å². The summed E-state index contributed by atoms with van der Waals surface area (Å²) in [6.45, 7) is 5.06. The number of benzene rings is 1. The Balaban J connectivity index is 2.12. The fraction of sp³-hybridized carbons (Fsp3) is 0.438. The van der Waals surface area contributed by atoms with Crippen LogP contribution in [0, 0.1) is 24.5 Å². The lowest BCUT2D eigenvalue weighted by Gasteiger charge is -2.26. The van der Waals surface area contributed by atoms with Gasteiger partial charge in [0.05, 0.1) is 0 Å². The predicted octanol–water partition coefficient (Wildman–Crippen LogP) is 4.89. The maximum Gasteiger partial charge on any atom is 0.129 e. The lowest BCUT2D eigenvalue weighted by molar-refractivity contribution is 0.374. The molecular formula is C16H18F2. The fourth-order valence-electron chi connectivity index (χ4n) is 2.69. The summed E-state index contributed by atoms with van der Waals surface area (Å²) in [5.41, 5.74) is 3.74. The van der Waals surface area contributed by atoms with Crippen LogP contribution in [0.4, 0.5) is 8.78 Å². The van der Waals surface area contributed by atoms with Crippen molar-refractivity contribution in [2.75, 3.05) is 0 Å². The van der Waals surface area contributed by atoms with Crippen molar-refractivity contribution in [3.8, 4) is 0 Å². The highest BCUT2D eigenvalue weighted by Crippen LogP contribution is 2.37. The molecule has 0 N–H and O–H groups in total. The quantitative estimate of drug-likeness (QED) is 0.654. The minimum atomic E-state index is -0.432. The highest BCUT2D eigenvalue weighted by Gasteiger charge is 2.22. The van der Waals surface area contributed by atoms with Crippen molar-refractivity contribution < 1.29 is 8.78 Å². The van der Waals surface area contributed by atoms with Crippen LogP contribution in [-0.4, -0.2) is 0 Å². The first-order chi connectivity index (χ1) is 8.61. The zero-order valence-corrected chi connectivity index (χ0v) is 10.7. The first-order valence-corrected chi connectivity index (χ1v) is 6.43. The molecule has 0 spiro atoms. The molecule has 2 heteroatoms. The van der Waals surface area contributed by atoms with Gasteiger partial charge < -0.3 is 0 Å². The van der Waals surface area contributed by atoms with Crippen LogP contribution in [0.3, 0.4) is 0 Å².